The van der Waals surface area contributed by atoms with Gasteiger partial charge >= 0.3 is 0 Å². The Hall–Kier alpha value is -2.03. The van der Waals surface area contributed by atoms with E-state index in [1.54, 1.807) is 0 Å². The molecule has 0 aliphatic heterocycles. The minimum Gasteiger partial charge on any atom is -0.398 e. The Balaban J connectivity index is 2.87. The van der Waals surface area contributed by atoms with E-state index < -0.39 is 0 Å². The number of anilines is 2. The maximum Gasteiger partial charge on any atom is 0.221 e. The Morgan fingerprint density at radius 1 is 1.26 bits per heavy atom. The standard InChI is InChI=1S/C16H20N2O/c1-5-13-15-12(8-10(3)16(13)17)6-9(2)7-14(15)18-11(4)19/h6-8H,5,17H2,1-4H3,(H,18,19). The molecule has 3 nitrogen and oxygen atoms in total. The van der Waals surface area contributed by atoms with E-state index in [4.69, 9.17) is 5.73 Å². The first-order chi connectivity index (χ1) is 8.93. The van der Waals surface area contributed by atoms with E-state index in [1.165, 1.54) is 6.92 Å². The topological polar surface area (TPSA) is 55.1 Å². The second-order valence-corrected chi connectivity index (χ2v) is 5.03. The first kappa shape index (κ1) is 13.4. The van der Waals surface area contributed by atoms with Crippen molar-refractivity contribution in [1.82, 2.24) is 0 Å². The molecule has 0 saturated carbocycles. The molecule has 100 valence electrons. The second kappa shape index (κ2) is 4.92. The van der Waals surface area contributed by atoms with Crippen LogP contribution in [0.25, 0.3) is 10.8 Å². The number of carbonyl (C=O) groups is 1. The molecule has 0 bridgehead atoms. The Morgan fingerprint density at radius 3 is 2.53 bits per heavy atom. The number of aryl methyl sites for hydroxylation is 3. The molecule has 0 radical (unpaired) electrons. The van der Waals surface area contributed by atoms with Gasteiger partial charge in [0.15, 0.2) is 0 Å². The van der Waals surface area contributed by atoms with Gasteiger partial charge in [0, 0.05) is 23.7 Å². The third-order valence-corrected chi connectivity index (χ3v) is 3.40. The van der Waals surface area contributed by atoms with Crippen LogP contribution >= 0.6 is 0 Å². The van der Waals surface area contributed by atoms with Crippen molar-refractivity contribution in [3.05, 3.63) is 34.9 Å². The van der Waals surface area contributed by atoms with Crippen molar-refractivity contribution in [3.8, 4) is 0 Å². The molecule has 19 heavy (non-hydrogen) atoms. The molecular weight excluding hydrogens is 236 g/mol. The molecule has 3 heteroatoms. The fourth-order valence-corrected chi connectivity index (χ4v) is 2.60. The van der Waals surface area contributed by atoms with E-state index in [1.807, 2.05) is 19.9 Å². The molecule has 0 aromatic heterocycles. The first-order valence-corrected chi connectivity index (χ1v) is 6.54. The van der Waals surface area contributed by atoms with Gasteiger partial charge in [-0.3, -0.25) is 4.79 Å². The van der Waals surface area contributed by atoms with Crippen molar-refractivity contribution in [2.45, 2.75) is 34.1 Å². The van der Waals surface area contributed by atoms with Crippen molar-refractivity contribution in [1.29, 1.82) is 0 Å². The van der Waals surface area contributed by atoms with Crippen LogP contribution in [0.5, 0.6) is 0 Å². The largest absolute Gasteiger partial charge is 0.398 e. The lowest BCUT2D eigenvalue weighted by molar-refractivity contribution is -0.114. The summed E-state index contributed by atoms with van der Waals surface area (Å²) in [6.07, 6.45) is 0.847. The number of carbonyl (C=O) groups excluding carboxylic acids is 1. The predicted molar refractivity (Wildman–Crippen MR) is 81.5 cm³/mol. The molecule has 3 N–H and O–H groups in total. The van der Waals surface area contributed by atoms with Crippen LogP contribution in [0.1, 0.15) is 30.5 Å². The lowest BCUT2D eigenvalue weighted by atomic mass is 9.94. The van der Waals surface area contributed by atoms with Crippen LogP contribution in [0, 0.1) is 13.8 Å². The average molecular weight is 256 g/mol. The van der Waals surface area contributed by atoms with Crippen molar-refractivity contribution >= 4 is 28.1 Å². The molecule has 0 aliphatic rings. The molecule has 0 aliphatic carbocycles. The summed E-state index contributed by atoms with van der Waals surface area (Å²) in [7, 11) is 0. The van der Waals surface area contributed by atoms with Gasteiger partial charge in [0.2, 0.25) is 5.91 Å². The fourth-order valence-electron chi connectivity index (χ4n) is 2.60. The van der Waals surface area contributed by atoms with Gasteiger partial charge < -0.3 is 11.1 Å². The van der Waals surface area contributed by atoms with E-state index >= 15 is 0 Å². The third kappa shape index (κ3) is 2.41. The molecule has 0 unspecified atom stereocenters. The van der Waals surface area contributed by atoms with Crippen LogP contribution in [0.3, 0.4) is 0 Å². The second-order valence-electron chi connectivity index (χ2n) is 5.03. The first-order valence-electron chi connectivity index (χ1n) is 6.54. The number of nitrogens with two attached hydrogens (primary N) is 1. The van der Waals surface area contributed by atoms with Gasteiger partial charge in [0.05, 0.1) is 0 Å². The molecule has 2 aromatic rings. The van der Waals surface area contributed by atoms with Crippen LogP contribution in [0.2, 0.25) is 0 Å². The molecule has 0 atom stereocenters. The van der Waals surface area contributed by atoms with E-state index in [0.717, 1.165) is 45.3 Å². The van der Waals surface area contributed by atoms with E-state index in [0.29, 0.717) is 0 Å². The molecule has 2 rings (SSSR count). The highest BCUT2D eigenvalue weighted by Gasteiger charge is 2.12. The van der Waals surface area contributed by atoms with Crippen molar-refractivity contribution in [2.24, 2.45) is 0 Å². The highest BCUT2D eigenvalue weighted by molar-refractivity contribution is 6.05. The van der Waals surface area contributed by atoms with Gasteiger partial charge in [-0.15, -0.1) is 0 Å². The SMILES string of the molecule is CCc1c(N)c(C)cc2cc(C)cc(NC(C)=O)c12. The van der Waals surface area contributed by atoms with E-state index in [9.17, 15) is 4.79 Å². The zero-order valence-electron chi connectivity index (χ0n) is 11.9. The Morgan fingerprint density at radius 2 is 1.95 bits per heavy atom. The van der Waals surface area contributed by atoms with Crippen LogP contribution in [0.4, 0.5) is 11.4 Å². The highest BCUT2D eigenvalue weighted by Crippen LogP contribution is 2.34. The van der Waals surface area contributed by atoms with Crippen molar-refractivity contribution in [2.75, 3.05) is 11.1 Å². The van der Waals surface area contributed by atoms with Gasteiger partial charge in [-0.1, -0.05) is 13.0 Å². The molecule has 0 spiro atoms. The third-order valence-electron chi connectivity index (χ3n) is 3.40. The van der Waals surface area contributed by atoms with Gasteiger partial charge in [0.25, 0.3) is 0 Å². The zero-order valence-corrected chi connectivity index (χ0v) is 11.9. The smallest absolute Gasteiger partial charge is 0.221 e. The normalized spacial score (nSPS) is 10.7. The fraction of sp³-hybridized carbons (Fsp3) is 0.312. The Bertz CT molecular complexity index is 660. The predicted octanol–water partition coefficient (Wildman–Crippen LogP) is 3.56. The minimum atomic E-state index is -0.0619. The molecule has 1 amide bonds. The summed E-state index contributed by atoms with van der Waals surface area (Å²) < 4.78 is 0. The maximum atomic E-state index is 11.4. The van der Waals surface area contributed by atoms with E-state index in [2.05, 4.69) is 24.4 Å². The zero-order chi connectivity index (χ0) is 14.2. The molecule has 0 fully saturated rings. The van der Waals surface area contributed by atoms with Crippen LogP contribution in [-0.4, -0.2) is 5.91 Å². The number of amides is 1. The van der Waals surface area contributed by atoms with Gasteiger partial charge in [0.1, 0.15) is 0 Å². The highest BCUT2D eigenvalue weighted by atomic mass is 16.1. The number of hydrogen-bond acceptors (Lipinski definition) is 2. The quantitative estimate of drug-likeness (QED) is 0.807. The van der Waals surface area contributed by atoms with Gasteiger partial charge in [-0.25, -0.2) is 0 Å². The molecule has 0 heterocycles. The lowest BCUT2D eigenvalue weighted by Crippen LogP contribution is -2.08. The average Bonchev–Trinajstić information content (AvgIpc) is 2.30. The van der Waals surface area contributed by atoms with Crippen LogP contribution in [-0.2, 0) is 11.2 Å². The Kier molecular flexibility index (Phi) is 3.47. The monoisotopic (exact) mass is 256 g/mol. The van der Waals surface area contributed by atoms with Crippen LogP contribution < -0.4 is 11.1 Å². The summed E-state index contributed by atoms with van der Waals surface area (Å²) in [5.41, 5.74) is 11.2. The lowest BCUT2D eigenvalue weighted by Gasteiger charge is -2.16. The molecule has 0 saturated heterocycles. The number of rotatable bonds is 2. The summed E-state index contributed by atoms with van der Waals surface area (Å²) in [6.45, 7) is 7.66. The number of nitrogen functional groups attached to an aromatic ring is 1. The summed E-state index contributed by atoms with van der Waals surface area (Å²) in [5.74, 6) is -0.0619. The minimum absolute atomic E-state index is 0.0619. The summed E-state index contributed by atoms with van der Waals surface area (Å²) in [6, 6.07) is 6.21. The number of benzene rings is 2. The van der Waals surface area contributed by atoms with Crippen molar-refractivity contribution < 1.29 is 4.79 Å². The summed E-state index contributed by atoms with van der Waals surface area (Å²) in [5, 5.41) is 5.11. The van der Waals surface area contributed by atoms with Gasteiger partial charge in [-0.05, 0) is 54.5 Å². The number of nitrogens with one attached hydrogen (secondary N) is 1. The maximum absolute atomic E-state index is 11.4. The summed E-state index contributed by atoms with van der Waals surface area (Å²) >= 11 is 0. The number of hydrogen-bond donors (Lipinski definition) is 2. The summed E-state index contributed by atoms with van der Waals surface area (Å²) in [4.78, 5) is 11.4. The van der Waals surface area contributed by atoms with E-state index in [-0.39, 0.29) is 5.91 Å². The molecular formula is C16H20N2O. The molecule has 2 aromatic carbocycles. The number of fused-ring (bicyclic) bond motifs is 1. The van der Waals surface area contributed by atoms with Crippen molar-refractivity contribution in [3.63, 3.8) is 0 Å². The van der Waals surface area contributed by atoms with Crippen LogP contribution in [0.15, 0.2) is 18.2 Å². The van der Waals surface area contributed by atoms with Gasteiger partial charge in [-0.2, -0.15) is 0 Å². The Labute approximate surface area is 113 Å².